The Morgan fingerprint density at radius 1 is 1.52 bits per heavy atom. The summed E-state index contributed by atoms with van der Waals surface area (Å²) in [7, 11) is 0. The first-order valence-corrected chi connectivity index (χ1v) is 7.14. The molecular weight excluding hydrogens is 274 g/mol. The molecule has 1 unspecified atom stereocenters. The molecule has 118 valence electrons. The maximum absolute atomic E-state index is 11.9. The number of carbonyl (C=O) groups excluding carboxylic acids is 1. The van der Waals surface area contributed by atoms with Gasteiger partial charge in [0.05, 0.1) is 17.4 Å². The molecule has 0 bridgehead atoms. The van der Waals surface area contributed by atoms with E-state index in [9.17, 15) is 14.9 Å². The molecule has 0 saturated heterocycles. The van der Waals surface area contributed by atoms with E-state index in [1.54, 1.807) is 6.92 Å². The quantitative estimate of drug-likeness (QED) is 0.539. The van der Waals surface area contributed by atoms with Crippen molar-refractivity contribution in [3.8, 4) is 0 Å². The zero-order valence-corrected chi connectivity index (χ0v) is 12.8. The van der Waals surface area contributed by atoms with Gasteiger partial charge in [-0.05, 0) is 13.1 Å². The molecular formula is C13H23N5O3. The van der Waals surface area contributed by atoms with Crippen LogP contribution in [0.2, 0.25) is 0 Å². The second kappa shape index (κ2) is 8.35. The highest BCUT2D eigenvalue weighted by molar-refractivity contribution is 5.78. The van der Waals surface area contributed by atoms with Crippen molar-refractivity contribution in [2.24, 2.45) is 5.92 Å². The van der Waals surface area contributed by atoms with Crippen LogP contribution in [0.3, 0.4) is 0 Å². The minimum absolute atomic E-state index is 0.0656. The summed E-state index contributed by atoms with van der Waals surface area (Å²) in [6.07, 6.45) is 2.52. The van der Waals surface area contributed by atoms with Gasteiger partial charge in [0.25, 0.3) is 0 Å². The molecule has 8 nitrogen and oxygen atoms in total. The highest BCUT2D eigenvalue weighted by atomic mass is 16.6. The van der Waals surface area contributed by atoms with E-state index < -0.39 is 4.92 Å². The van der Waals surface area contributed by atoms with Crippen molar-refractivity contribution in [2.45, 2.75) is 27.3 Å². The van der Waals surface area contributed by atoms with Crippen LogP contribution in [0.1, 0.15) is 20.8 Å². The first kappa shape index (κ1) is 17.1. The molecule has 1 N–H and O–H groups in total. The maximum Gasteiger partial charge on any atom is 0.306 e. The summed E-state index contributed by atoms with van der Waals surface area (Å²) in [5.41, 5.74) is -0.0656. The standard InChI is InChI=1S/C13H23N5O3/c1-4-16(5-2)7-6-14-13(19)11(3)9-17-10-12(8-15-17)18(20)21/h8,10-11H,4-7,9H2,1-3H3,(H,14,19). The monoisotopic (exact) mass is 297 g/mol. The van der Waals surface area contributed by atoms with E-state index in [4.69, 9.17) is 0 Å². The second-order valence-electron chi connectivity index (χ2n) is 4.90. The molecule has 0 aliphatic heterocycles. The molecule has 1 aromatic heterocycles. The summed E-state index contributed by atoms with van der Waals surface area (Å²) < 4.78 is 1.42. The van der Waals surface area contributed by atoms with Gasteiger partial charge in [0.15, 0.2) is 0 Å². The second-order valence-corrected chi connectivity index (χ2v) is 4.90. The first-order valence-electron chi connectivity index (χ1n) is 7.14. The predicted octanol–water partition coefficient (Wildman–Crippen LogP) is 0.885. The molecule has 21 heavy (non-hydrogen) atoms. The SMILES string of the molecule is CCN(CC)CCNC(=O)C(C)Cn1cc([N+](=O)[O-])cn1. The normalized spacial score (nSPS) is 12.4. The summed E-state index contributed by atoms with van der Waals surface area (Å²) in [6, 6.07) is 0. The van der Waals surface area contributed by atoms with Crippen molar-refractivity contribution >= 4 is 11.6 Å². The minimum Gasteiger partial charge on any atom is -0.355 e. The van der Waals surface area contributed by atoms with E-state index >= 15 is 0 Å². The van der Waals surface area contributed by atoms with Crippen molar-refractivity contribution in [1.29, 1.82) is 0 Å². The van der Waals surface area contributed by atoms with Crippen LogP contribution in [-0.4, -0.2) is 51.7 Å². The van der Waals surface area contributed by atoms with Crippen molar-refractivity contribution in [3.63, 3.8) is 0 Å². The topological polar surface area (TPSA) is 93.3 Å². The largest absolute Gasteiger partial charge is 0.355 e. The minimum atomic E-state index is -0.502. The van der Waals surface area contributed by atoms with E-state index in [0.717, 1.165) is 19.6 Å². The van der Waals surface area contributed by atoms with Crippen LogP contribution in [0, 0.1) is 16.0 Å². The maximum atomic E-state index is 11.9. The molecule has 0 fully saturated rings. The van der Waals surface area contributed by atoms with Gasteiger partial charge in [-0.3, -0.25) is 19.6 Å². The number of nitro groups is 1. The molecule has 1 heterocycles. The Morgan fingerprint density at radius 3 is 2.71 bits per heavy atom. The molecule has 0 saturated carbocycles. The first-order chi connectivity index (χ1) is 9.97. The number of aromatic nitrogens is 2. The number of nitrogens with one attached hydrogen (secondary N) is 1. The van der Waals surface area contributed by atoms with Gasteiger partial charge in [-0.1, -0.05) is 20.8 Å². The fraction of sp³-hybridized carbons (Fsp3) is 0.692. The van der Waals surface area contributed by atoms with Gasteiger partial charge in [-0.2, -0.15) is 5.10 Å². The van der Waals surface area contributed by atoms with Gasteiger partial charge >= 0.3 is 5.69 Å². The van der Waals surface area contributed by atoms with Crippen LogP contribution in [-0.2, 0) is 11.3 Å². The third-order valence-corrected chi connectivity index (χ3v) is 3.36. The summed E-state index contributed by atoms with van der Waals surface area (Å²) in [5, 5.41) is 17.3. The molecule has 0 aliphatic rings. The predicted molar refractivity (Wildman–Crippen MR) is 78.8 cm³/mol. The van der Waals surface area contributed by atoms with Crippen LogP contribution >= 0.6 is 0 Å². The lowest BCUT2D eigenvalue weighted by molar-refractivity contribution is -0.385. The molecule has 0 radical (unpaired) electrons. The van der Waals surface area contributed by atoms with Gasteiger partial charge in [-0.15, -0.1) is 0 Å². The van der Waals surface area contributed by atoms with Crippen molar-refractivity contribution in [3.05, 3.63) is 22.5 Å². The number of amides is 1. The van der Waals surface area contributed by atoms with Crippen molar-refractivity contribution in [1.82, 2.24) is 20.0 Å². The zero-order chi connectivity index (χ0) is 15.8. The number of hydrogen-bond acceptors (Lipinski definition) is 5. The molecule has 1 rings (SSSR count). The lowest BCUT2D eigenvalue weighted by Gasteiger charge is -2.19. The average Bonchev–Trinajstić information content (AvgIpc) is 2.92. The zero-order valence-electron chi connectivity index (χ0n) is 12.8. The lowest BCUT2D eigenvalue weighted by Crippen LogP contribution is -2.38. The highest BCUT2D eigenvalue weighted by Gasteiger charge is 2.16. The average molecular weight is 297 g/mol. The third-order valence-electron chi connectivity index (χ3n) is 3.36. The molecule has 1 aromatic rings. The number of carbonyl (C=O) groups is 1. The van der Waals surface area contributed by atoms with E-state index in [-0.39, 0.29) is 17.5 Å². The Kier molecular flexibility index (Phi) is 6.80. The van der Waals surface area contributed by atoms with E-state index in [0.29, 0.717) is 13.1 Å². The molecule has 1 atom stereocenters. The Morgan fingerprint density at radius 2 is 2.19 bits per heavy atom. The van der Waals surface area contributed by atoms with E-state index in [1.165, 1.54) is 17.1 Å². The molecule has 0 spiro atoms. The van der Waals surface area contributed by atoms with Crippen LogP contribution in [0.4, 0.5) is 5.69 Å². The van der Waals surface area contributed by atoms with Gasteiger partial charge < -0.3 is 10.2 Å². The molecule has 0 aliphatic carbocycles. The highest BCUT2D eigenvalue weighted by Crippen LogP contribution is 2.09. The fourth-order valence-electron chi connectivity index (χ4n) is 1.96. The summed E-state index contributed by atoms with van der Waals surface area (Å²) in [4.78, 5) is 24.2. The fourth-order valence-corrected chi connectivity index (χ4v) is 1.96. The number of rotatable bonds is 9. The number of nitrogens with zero attached hydrogens (tertiary/aromatic N) is 4. The van der Waals surface area contributed by atoms with Crippen LogP contribution in [0.15, 0.2) is 12.4 Å². The van der Waals surface area contributed by atoms with E-state index in [2.05, 4.69) is 29.2 Å². The van der Waals surface area contributed by atoms with Gasteiger partial charge in [0, 0.05) is 13.1 Å². The molecule has 8 heteroatoms. The molecule has 0 aromatic carbocycles. The number of hydrogen-bond donors (Lipinski definition) is 1. The Bertz CT molecular complexity index is 470. The summed E-state index contributed by atoms with van der Waals surface area (Å²) >= 11 is 0. The van der Waals surface area contributed by atoms with Crippen molar-refractivity contribution < 1.29 is 9.72 Å². The van der Waals surface area contributed by atoms with Crippen LogP contribution < -0.4 is 5.32 Å². The Labute approximate surface area is 124 Å². The summed E-state index contributed by atoms with van der Waals surface area (Å²) in [5.74, 6) is -0.360. The Balaban J connectivity index is 2.38. The molecule has 1 amide bonds. The van der Waals surface area contributed by atoms with Gasteiger partial charge in [-0.25, -0.2) is 0 Å². The third kappa shape index (κ3) is 5.50. The van der Waals surface area contributed by atoms with Gasteiger partial charge in [0.1, 0.15) is 12.4 Å². The smallest absolute Gasteiger partial charge is 0.306 e. The van der Waals surface area contributed by atoms with Crippen molar-refractivity contribution in [2.75, 3.05) is 26.2 Å². The van der Waals surface area contributed by atoms with E-state index in [1.807, 2.05) is 0 Å². The summed E-state index contributed by atoms with van der Waals surface area (Å²) in [6.45, 7) is 9.60. The van der Waals surface area contributed by atoms with Crippen LogP contribution in [0.25, 0.3) is 0 Å². The lowest BCUT2D eigenvalue weighted by atomic mass is 10.1. The van der Waals surface area contributed by atoms with Gasteiger partial charge in [0.2, 0.25) is 5.91 Å². The van der Waals surface area contributed by atoms with Crippen LogP contribution in [0.5, 0.6) is 0 Å². The Hall–Kier alpha value is -1.96. The number of likely N-dealkylation sites (N-methyl/N-ethyl adjacent to an activating group) is 1.